The molecule has 1 heterocycles. The molecule has 108 valence electrons. The zero-order valence-electron chi connectivity index (χ0n) is 11.6. The van der Waals surface area contributed by atoms with Crippen LogP contribution in [-0.4, -0.2) is 36.7 Å². The third-order valence-corrected chi connectivity index (χ3v) is 4.53. The molecule has 1 fully saturated rings. The average Bonchev–Trinajstić information content (AvgIpc) is 2.74. The maximum absolute atomic E-state index is 12.1. The van der Waals surface area contributed by atoms with E-state index < -0.39 is 0 Å². The highest BCUT2D eigenvalue weighted by Crippen LogP contribution is 2.33. The van der Waals surface area contributed by atoms with Crippen molar-refractivity contribution in [3.05, 3.63) is 33.1 Å². The highest BCUT2D eigenvalue weighted by atomic mass is 79.9. The van der Waals surface area contributed by atoms with Crippen LogP contribution in [0.2, 0.25) is 0 Å². The molecule has 1 saturated heterocycles. The van der Waals surface area contributed by atoms with Crippen LogP contribution in [0.25, 0.3) is 6.08 Å². The van der Waals surface area contributed by atoms with Crippen LogP contribution >= 0.6 is 27.7 Å². The molecular formula is C15H13BrN2O2S. The van der Waals surface area contributed by atoms with Gasteiger partial charge >= 0.3 is 0 Å². The Hall–Kier alpha value is -1.71. The predicted molar refractivity (Wildman–Crippen MR) is 90.2 cm³/mol. The van der Waals surface area contributed by atoms with Gasteiger partial charge < -0.3 is 4.74 Å². The van der Waals surface area contributed by atoms with Crippen molar-refractivity contribution in [3.8, 4) is 18.1 Å². The number of nitrogens with zero attached hydrogens (tertiary/aromatic N) is 2. The monoisotopic (exact) mass is 364 g/mol. The topological polar surface area (TPSA) is 41.9 Å². The fourth-order valence-electron chi connectivity index (χ4n) is 1.74. The van der Waals surface area contributed by atoms with Crippen LogP contribution in [0.5, 0.6) is 5.75 Å². The number of halogens is 1. The third kappa shape index (κ3) is 3.49. The lowest BCUT2D eigenvalue weighted by molar-refractivity contribution is -0.121. The van der Waals surface area contributed by atoms with E-state index in [9.17, 15) is 4.79 Å². The number of carbonyl (C=O) groups is 1. The molecule has 0 spiro atoms. The number of aliphatic imine (C=N–C) groups is 1. The molecule has 0 bridgehead atoms. The molecule has 21 heavy (non-hydrogen) atoms. The maximum atomic E-state index is 12.1. The van der Waals surface area contributed by atoms with E-state index in [1.807, 2.05) is 24.3 Å². The lowest BCUT2D eigenvalue weighted by Crippen LogP contribution is -2.23. The molecule has 2 rings (SSSR count). The van der Waals surface area contributed by atoms with Crippen molar-refractivity contribution in [2.75, 3.05) is 20.7 Å². The van der Waals surface area contributed by atoms with Gasteiger partial charge in [0.05, 0.1) is 9.38 Å². The average molecular weight is 365 g/mol. The molecule has 4 nitrogen and oxygen atoms in total. The molecule has 0 N–H and O–H groups in total. The molecule has 0 unspecified atom stereocenters. The first kappa shape index (κ1) is 15.7. The number of rotatable bonds is 3. The molecule has 0 saturated carbocycles. The van der Waals surface area contributed by atoms with Crippen molar-refractivity contribution in [1.82, 2.24) is 4.90 Å². The number of thioether (sulfide) groups is 1. The number of hydrogen-bond donors (Lipinski definition) is 0. The van der Waals surface area contributed by atoms with Crippen molar-refractivity contribution in [2.45, 2.75) is 0 Å². The quantitative estimate of drug-likeness (QED) is 0.611. The van der Waals surface area contributed by atoms with Crippen LogP contribution in [-0.2, 0) is 4.79 Å². The fourth-order valence-corrected chi connectivity index (χ4v) is 3.18. The van der Waals surface area contributed by atoms with Crippen molar-refractivity contribution < 1.29 is 9.53 Å². The van der Waals surface area contributed by atoms with Gasteiger partial charge in [-0.05, 0) is 51.5 Å². The second kappa shape index (κ2) is 6.83. The van der Waals surface area contributed by atoms with Crippen LogP contribution in [0, 0.1) is 12.3 Å². The molecule has 1 aromatic rings. The van der Waals surface area contributed by atoms with Gasteiger partial charge in [-0.25, -0.2) is 0 Å². The molecule has 1 aliphatic heterocycles. The summed E-state index contributed by atoms with van der Waals surface area (Å²) in [5, 5.41) is 0.694. The molecule has 0 aromatic heterocycles. The van der Waals surface area contributed by atoms with Gasteiger partial charge in [0.25, 0.3) is 5.91 Å². The number of benzene rings is 1. The second-order valence-corrected chi connectivity index (χ2v) is 6.03. The fraction of sp³-hybridized carbons (Fsp3) is 0.200. The predicted octanol–water partition coefficient (Wildman–Crippen LogP) is 2.99. The first-order chi connectivity index (χ1) is 10.1. The van der Waals surface area contributed by atoms with E-state index in [-0.39, 0.29) is 12.5 Å². The zero-order chi connectivity index (χ0) is 15.4. The van der Waals surface area contributed by atoms with Crippen LogP contribution < -0.4 is 4.74 Å². The Morgan fingerprint density at radius 1 is 1.57 bits per heavy atom. The largest absolute Gasteiger partial charge is 0.480 e. The Bertz CT molecular complexity index is 677. The summed E-state index contributed by atoms with van der Waals surface area (Å²) < 4.78 is 6.17. The summed E-state index contributed by atoms with van der Waals surface area (Å²) in [6, 6.07) is 5.57. The third-order valence-electron chi connectivity index (χ3n) is 2.76. The number of terminal acetylenes is 1. The Labute approximate surface area is 136 Å². The minimum absolute atomic E-state index is 0.0515. The Balaban J connectivity index is 2.24. The summed E-state index contributed by atoms with van der Waals surface area (Å²) >= 11 is 4.79. The minimum atomic E-state index is -0.0515. The molecule has 1 amide bonds. The lowest BCUT2D eigenvalue weighted by atomic mass is 10.2. The molecule has 6 heteroatoms. The van der Waals surface area contributed by atoms with Gasteiger partial charge in [0.1, 0.15) is 12.4 Å². The SMILES string of the molecule is C#CCOc1ccc(/C=C2/SC(=NC)N(C)C2=O)cc1Br. The molecule has 0 aliphatic carbocycles. The Kier molecular flexibility index (Phi) is 5.10. The highest BCUT2D eigenvalue weighted by Gasteiger charge is 2.29. The van der Waals surface area contributed by atoms with Crippen LogP contribution in [0.1, 0.15) is 5.56 Å². The van der Waals surface area contributed by atoms with Crippen LogP contribution in [0.3, 0.4) is 0 Å². The number of hydrogen-bond acceptors (Lipinski definition) is 4. The smallest absolute Gasteiger partial charge is 0.266 e. The number of likely N-dealkylation sites (N-methyl/N-ethyl adjacent to an activating group) is 1. The van der Waals surface area contributed by atoms with Crippen molar-refractivity contribution >= 4 is 44.8 Å². The summed E-state index contributed by atoms with van der Waals surface area (Å²) in [4.78, 5) is 18.3. The number of amides is 1. The van der Waals surface area contributed by atoms with Gasteiger partial charge in [-0.1, -0.05) is 12.0 Å². The summed E-state index contributed by atoms with van der Waals surface area (Å²) in [6.07, 6.45) is 6.99. The molecule has 0 radical (unpaired) electrons. The van der Waals surface area contributed by atoms with Crippen LogP contribution in [0.15, 0.2) is 32.6 Å². The summed E-state index contributed by atoms with van der Waals surface area (Å²) in [7, 11) is 3.38. The van der Waals surface area contributed by atoms with Gasteiger partial charge in [-0.3, -0.25) is 14.7 Å². The van der Waals surface area contributed by atoms with Gasteiger partial charge in [0, 0.05) is 14.1 Å². The van der Waals surface area contributed by atoms with Gasteiger partial charge in [0.15, 0.2) is 5.17 Å². The highest BCUT2D eigenvalue weighted by molar-refractivity contribution is 9.10. The van der Waals surface area contributed by atoms with E-state index >= 15 is 0 Å². The van der Waals surface area contributed by atoms with Gasteiger partial charge in [-0.15, -0.1) is 6.42 Å². The summed E-state index contributed by atoms with van der Waals surface area (Å²) in [6.45, 7) is 0.217. The maximum Gasteiger partial charge on any atom is 0.266 e. The molecular weight excluding hydrogens is 352 g/mol. The van der Waals surface area contributed by atoms with Gasteiger partial charge in [0.2, 0.25) is 0 Å². The van der Waals surface area contributed by atoms with Crippen LogP contribution in [0.4, 0.5) is 0 Å². The molecule has 1 aliphatic rings. The number of carbonyl (C=O) groups excluding carboxylic acids is 1. The van der Waals surface area contributed by atoms with E-state index in [4.69, 9.17) is 11.2 Å². The van der Waals surface area contributed by atoms with Crippen molar-refractivity contribution in [1.29, 1.82) is 0 Å². The first-order valence-corrected chi connectivity index (χ1v) is 7.68. The number of amidine groups is 1. The van der Waals surface area contributed by atoms with Gasteiger partial charge in [-0.2, -0.15) is 0 Å². The summed E-state index contributed by atoms with van der Waals surface area (Å²) in [5.41, 5.74) is 0.900. The first-order valence-electron chi connectivity index (χ1n) is 6.07. The van der Waals surface area contributed by atoms with E-state index in [0.29, 0.717) is 15.8 Å². The summed E-state index contributed by atoms with van der Waals surface area (Å²) in [5.74, 6) is 3.04. The molecule has 0 atom stereocenters. The lowest BCUT2D eigenvalue weighted by Gasteiger charge is -2.06. The Morgan fingerprint density at radius 2 is 2.33 bits per heavy atom. The Morgan fingerprint density at radius 3 is 2.90 bits per heavy atom. The van der Waals surface area contributed by atoms with E-state index in [0.717, 1.165) is 10.0 Å². The number of ether oxygens (including phenoxy) is 1. The minimum Gasteiger partial charge on any atom is -0.480 e. The van der Waals surface area contributed by atoms with Crippen molar-refractivity contribution in [3.63, 3.8) is 0 Å². The van der Waals surface area contributed by atoms with E-state index in [2.05, 4.69) is 26.8 Å². The second-order valence-electron chi connectivity index (χ2n) is 4.16. The zero-order valence-corrected chi connectivity index (χ0v) is 14.0. The van der Waals surface area contributed by atoms with E-state index in [1.165, 1.54) is 16.7 Å². The normalized spacial score (nSPS) is 18.4. The van der Waals surface area contributed by atoms with E-state index in [1.54, 1.807) is 14.1 Å². The molecule has 1 aromatic carbocycles. The van der Waals surface area contributed by atoms with Crippen molar-refractivity contribution in [2.24, 2.45) is 4.99 Å². The standard InChI is InChI=1S/C15H13BrN2O2S/c1-4-7-20-12-6-5-10(8-11(12)16)9-13-14(19)18(3)15(17-2)21-13/h1,5-6,8-9H,7H2,2-3H3/b13-9+,17-15?.